The molecule has 0 unspecified atom stereocenters. The summed E-state index contributed by atoms with van der Waals surface area (Å²) in [4.78, 5) is 24.2. The largest absolute Gasteiger partial charge is 0.363 e. The number of halogens is 1. The van der Waals surface area contributed by atoms with E-state index in [0.717, 1.165) is 25.2 Å². The van der Waals surface area contributed by atoms with Crippen molar-refractivity contribution >= 4 is 38.1 Å². The number of rotatable bonds is 5. The fourth-order valence-corrected chi connectivity index (χ4v) is 5.94. The number of anilines is 2. The van der Waals surface area contributed by atoms with Gasteiger partial charge in [0.1, 0.15) is 23.6 Å². The number of piperazine rings is 2. The van der Waals surface area contributed by atoms with Gasteiger partial charge >= 0.3 is 0 Å². The average Bonchev–Trinajstić information content (AvgIpc) is 2.88. The number of nitrogens with one attached hydrogen (secondary N) is 1. The highest BCUT2D eigenvalue weighted by atomic mass is 32.2. The fourth-order valence-electron chi connectivity index (χ4n) is 4.52. The van der Waals surface area contributed by atoms with Gasteiger partial charge in [-0.3, -0.25) is 10.1 Å². The molecule has 184 valence electrons. The van der Waals surface area contributed by atoms with Gasteiger partial charge in [-0.2, -0.15) is 4.31 Å². The van der Waals surface area contributed by atoms with Crippen LogP contribution < -0.4 is 15.1 Å². The first-order valence-corrected chi connectivity index (χ1v) is 12.7. The maximum Gasteiger partial charge on any atom is 0.293 e. The molecule has 0 radical (unpaired) electrons. The second-order valence-corrected chi connectivity index (χ2v) is 10.3. The van der Waals surface area contributed by atoms with Gasteiger partial charge in [0.05, 0.1) is 15.3 Å². The van der Waals surface area contributed by atoms with Gasteiger partial charge in [-0.15, -0.1) is 0 Å². The second kappa shape index (κ2) is 9.32. The Morgan fingerprint density at radius 2 is 1.63 bits per heavy atom. The second-order valence-electron chi connectivity index (χ2n) is 8.39. The topological polar surface area (TPSA) is 125 Å². The molecule has 13 heteroatoms. The molecule has 2 aliphatic rings. The highest BCUT2D eigenvalue weighted by Gasteiger charge is 2.30. The first-order chi connectivity index (χ1) is 16.8. The molecular formula is C22H24FN7O4S. The summed E-state index contributed by atoms with van der Waals surface area (Å²) in [6.07, 6.45) is 1.42. The minimum absolute atomic E-state index is 0.00651. The van der Waals surface area contributed by atoms with E-state index in [2.05, 4.69) is 15.3 Å². The lowest BCUT2D eigenvalue weighted by Gasteiger charge is -2.35. The number of nitrogens with zero attached hydrogens (tertiary/aromatic N) is 6. The van der Waals surface area contributed by atoms with Crippen LogP contribution in [0.2, 0.25) is 0 Å². The average molecular weight is 502 g/mol. The van der Waals surface area contributed by atoms with E-state index >= 15 is 0 Å². The Morgan fingerprint density at radius 3 is 2.29 bits per heavy atom. The van der Waals surface area contributed by atoms with Gasteiger partial charge in [0.15, 0.2) is 0 Å². The van der Waals surface area contributed by atoms with Crippen LogP contribution in [-0.2, 0) is 10.0 Å². The highest BCUT2D eigenvalue weighted by Crippen LogP contribution is 2.36. The third-order valence-corrected chi connectivity index (χ3v) is 8.27. The van der Waals surface area contributed by atoms with E-state index in [-0.39, 0.29) is 28.6 Å². The third kappa shape index (κ3) is 4.49. The molecule has 1 N–H and O–H groups in total. The number of hydrogen-bond donors (Lipinski definition) is 1. The van der Waals surface area contributed by atoms with Gasteiger partial charge in [-0.25, -0.2) is 22.8 Å². The summed E-state index contributed by atoms with van der Waals surface area (Å²) in [5.74, 6) is 0.0300. The quantitative estimate of drug-likeness (QED) is 0.410. The summed E-state index contributed by atoms with van der Waals surface area (Å²) < 4.78 is 40.4. The maximum atomic E-state index is 13.2. The molecule has 2 saturated heterocycles. The molecule has 3 aromatic rings. The minimum Gasteiger partial charge on any atom is -0.363 e. The van der Waals surface area contributed by atoms with Gasteiger partial charge in [-0.1, -0.05) is 0 Å². The molecule has 35 heavy (non-hydrogen) atoms. The molecule has 2 fully saturated rings. The zero-order chi connectivity index (χ0) is 24.6. The highest BCUT2D eigenvalue weighted by molar-refractivity contribution is 7.89. The van der Waals surface area contributed by atoms with Crippen molar-refractivity contribution in [2.45, 2.75) is 4.90 Å². The summed E-state index contributed by atoms with van der Waals surface area (Å²) in [7, 11) is -3.76. The van der Waals surface area contributed by atoms with Crippen molar-refractivity contribution in [2.75, 3.05) is 62.2 Å². The van der Waals surface area contributed by atoms with Crippen LogP contribution in [0.5, 0.6) is 0 Å². The van der Waals surface area contributed by atoms with Crippen molar-refractivity contribution in [2.24, 2.45) is 0 Å². The first-order valence-electron chi connectivity index (χ1n) is 11.2. The number of fused-ring (bicyclic) bond motifs is 1. The zero-order valence-electron chi connectivity index (χ0n) is 18.8. The van der Waals surface area contributed by atoms with Crippen LogP contribution in [0, 0.1) is 15.9 Å². The number of hydrogen-bond acceptors (Lipinski definition) is 9. The number of nitro benzene ring substituents is 1. The van der Waals surface area contributed by atoms with E-state index in [1.165, 1.54) is 28.8 Å². The Labute approximate surface area is 201 Å². The lowest BCUT2D eigenvalue weighted by atomic mass is 10.1. The molecule has 11 nitrogen and oxygen atoms in total. The Morgan fingerprint density at radius 1 is 0.943 bits per heavy atom. The Hall–Kier alpha value is -3.42. The van der Waals surface area contributed by atoms with Gasteiger partial charge < -0.3 is 15.1 Å². The van der Waals surface area contributed by atoms with Crippen molar-refractivity contribution in [3.8, 4) is 0 Å². The van der Waals surface area contributed by atoms with Crippen LogP contribution in [0.15, 0.2) is 47.6 Å². The number of nitro groups is 1. The molecule has 2 aromatic carbocycles. The monoisotopic (exact) mass is 501 g/mol. The normalized spacial score (nSPS) is 17.6. The number of aromatic nitrogens is 2. The Kier molecular flexibility index (Phi) is 6.21. The van der Waals surface area contributed by atoms with Crippen molar-refractivity contribution < 1.29 is 17.7 Å². The fraction of sp³-hybridized carbons (Fsp3) is 0.364. The van der Waals surface area contributed by atoms with E-state index in [4.69, 9.17) is 0 Å². The summed E-state index contributed by atoms with van der Waals surface area (Å²) in [5.41, 5.74) is 1.12. The summed E-state index contributed by atoms with van der Waals surface area (Å²) in [6.45, 7) is 3.91. The summed E-state index contributed by atoms with van der Waals surface area (Å²) in [5, 5.41) is 15.7. The van der Waals surface area contributed by atoms with Crippen molar-refractivity contribution in [3.63, 3.8) is 0 Å². The summed E-state index contributed by atoms with van der Waals surface area (Å²) >= 11 is 0. The molecule has 0 atom stereocenters. The van der Waals surface area contributed by atoms with Crippen molar-refractivity contribution in [3.05, 3.63) is 58.7 Å². The van der Waals surface area contributed by atoms with Crippen molar-refractivity contribution in [1.82, 2.24) is 19.6 Å². The van der Waals surface area contributed by atoms with E-state index in [9.17, 15) is 22.9 Å². The lowest BCUT2D eigenvalue weighted by Crippen LogP contribution is -2.49. The van der Waals surface area contributed by atoms with Crippen molar-refractivity contribution in [1.29, 1.82) is 0 Å². The molecule has 0 aliphatic carbocycles. The maximum absolute atomic E-state index is 13.2. The van der Waals surface area contributed by atoms with Crippen LogP contribution in [0.1, 0.15) is 0 Å². The van der Waals surface area contributed by atoms with Gasteiger partial charge in [0.2, 0.25) is 10.0 Å². The van der Waals surface area contributed by atoms with Gasteiger partial charge in [-0.05, 0) is 30.3 Å². The molecule has 0 saturated carbocycles. The zero-order valence-corrected chi connectivity index (χ0v) is 19.6. The van der Waals surface area contributed by atoms with Gasteiger partial charge in [0, 0.05) is 63.8 Å². The van der Waals surface area contributed by atoms with Crippen LogP contribution in [-0.4, -0.2) is 80.0 Å². The number of benzene rings is 2. The summed E-state index contributed by atoms with van der Waals surface area (Å²) in [6, 6.07) is 8.01. The first kappa shape index (κ1) is 23.3. The smallest absolute Gasteiger partial charge is 0.293 e. The predicted octanol–water partition coefficient (Wildman–Crippen LogP) is 1.60. The van der Waals surface area contributed by atoms with Gasteiger partial charge in [0.25, 0.3) is 5.69 Å². The van der Waals surface area contributed by atoms with Crippen LogP contribution in [0.3, 0.4) is 0 Å². The molecule has 1 aromatic heterocycles. The standard InChI is InChI=1S/C22H24FN7O4S/c23-16-1-3-17(4-2-16)35(33,34)29-11-9-28(10-12-29)22-18-13-21(30(31)32)20(14-19(18)25-15-26-22)27-7-5-24-6-8-27/h1-4,13-15,24H,5-12H2. The van der Waals surface area contributed by atoms with Crippen LogP contribution in [0.4, 0.5) is 21.6 Å². The molecule has 0 spiro atoms. The van der Waals surface area contributed by atoms with E-state index in [1.807, 2.05) is 9.80 Å². The molecule has 0 amide bonds. The predicted molar refractivity (Wildman–Crippen MR) is 129 cm³/mol. The Bertz CT molecular complexity index is 1360. The van der Waals surface area contributed by atoms with Crippen LogP contribution >= 0.6 is 0 Å². The molecule has 0 bridgehead atoms. The SMILES string of the molecule is O=[N+]([O-])c1cc2c(N3CCN(S(=O)(=O)c4ccc(F)cc4)CC3)ncnc2cc1N1CCNCC1. The molecular weight excluding hydrogens is 477 g/mol. The molecule has 2 aliphatic heterocycles. The third-order valence-electron chi connectivity index (χ3n) is 6.35. The van der Waals surface area contributed by atoms with E-state index in [1.54, 1.807) is 6.07 Å². The lowest BCUT2D eigenvalue weighted by molar-refractivity contribution is -0.384. The Balaban J connectivity index is 1.42. The van der Waals surface area contributed by atoms with Crippen LogP contribution in [0.25, 0.3) is 10.9 Å². The molecule has 3 heterocycles. The van der Waals surface area contributed by atoms with E-state index in [0.29, 0.717) is 48.6 Å². The minimum atomic E-state index is -3.76. The number of sulfonamides is 1. The van der Waals surface area contributed by atoms with E-state index < -0.39 is 15.8 Å². The molecule has 5 rings (SSSR count).